The molecule has 4 rings (SSSR count). The first-order chi connectivity index (χ1) is 12.7. The predicted octanol–water partition coefficient (Wildman–Crippen LogP) is 5.26. The summed E-state index contributed by atoms with van der Waals surface area (Å²) in [5.74, 6) is 0. The number of hydrogen-bond acceptors (Lipinski definition) is 5. The van der Waals surface area contributed by atoms with E-state index in [1.165, 1.54) is 16.4 Å². The summed E-state index contributed by atoms with van der Waals surface area (Å²) < 4.78 is 0.672. The van der Waals surface area contributed by atoms with Crippen LogP contribution in [0.4, 0.5) is 0 Å². The van der Waals surface area contributed by atoms with E-state index in [1.54, 1.807) is 12.4 Å². The van der Waals surface area contributed by atoms with Crippen LogP contribution in [0.25, 0.3) is 11.3 Å². The molecule has 1 N–H and O–H groups in total. The summed E-state index contributed by atoms with van der Waals surface area (Å²) in [6.45, 7) is -0.281. The molecule has 0 fully saturated rings. The van der Waals surface area contributed by atoms with E-state index in [2.05, 4.69) is 4.98 Å². The number of benzene rings is 1. The van der Waals surface area contributed by atoms with Gasteiger partial charge >= 0.3 is 0 Å². The maximum atomic E-state index is 9.88. The number of aliphatic hydroxyl groups is 1. The van der Waals surface area contributed by atoms with Crippen molar-refractivity contribution in [2.24, 2.45) is 0 Å². The van der Waals surface area contributed by atoms with Crippen LogP contribution >= 0.6 is 34.5 Å². The number of aliphatic hydroxyl groups excluding tert-OH is 1. The number of rotatable bonds is 4. The molecule has 1 unspecified atom stereocenters. The van der Waals surface area contributed by atoms with Crippen LogP contribution in [0.2, 0.25) is 9.36 Å². The fraction of sp³-hybridized carbons (Fsp3) is 0.105. The SMILES string of the molecule is OCN1OC(c2ccc(Cl)cc2)C(c2cccnc2)=C1c1csc(Cl)c1. The second-order valence-electron chi connectivity index (χ2n) is 5.70. The number of hydrogen-bond donors (Lipinski definition) is 1. The van der Waals surface area contributed by atoms with Crippen LogP contribution in [0.3, 0.4) is 0 Å². The number of nitrogens with zero attached hydrogens (tertiary/aromatic N) is 2. The molecule has 1 aliphatic heterocycles. The molecule has 1 aliphatic rings. The molecule has 7 heteroatoms. The van der Waals surface area contributed by atoms with E-state index in [1.807, 2.05) is 47.8 Å². The van der Waals surface area contributed by atoms with Crippen molar-refractivity contribution >= 4 is 45.8 Å². The molecular formula is C19H14Cl2N2O2S. The molecule has 0 saturated heterocycles. The third kappa shape index (κ3) is 3.24. The Bertz CT molecular complexity index is 942. The average molecular weight is 405 g/mol. The summed E-state index contributed by atoms with van der Waals surface area (Å²) in [6.07, 6.45) is 3.12. The molecule has 2 aromatic heterocycles. The fourth-order valence-electron chi connectivity index (χ4n) is 3.00. The summed E-state index contributed by atoms with van der Waals surface area (Å²) >= 11 is 13.6. The molecule has 1 aromatic carbocycles. The van der Waals surface area contributed by atoms with E-state index in [0.29, 0.717) is 9.36 Å². The Morgan fingerprint density at radius 1 is 1.15 bits per heavy atom. The Morgan fingerprint density at radius 3 is 2.58 bits per heavy atom. The van der Waals surface area contributed by atoms with Gasteiger partial charge in [0.05, 0.1) is 10.0 Å². The minimum absolute atomic E-state index is 0.281. The zero-order valence-electron chi connectivity index (χ0n) is 13.5. The monoisotopic (exact) mass is 404 g/mol. The van der Waals surface area contributed by atoms with Gasteiger partial charge in [-0.1, -0.05) is 41.4 Å². The maximum Gasteiger partial charge on any atom is 0.140 e. The van der Waals surface area contributed by atoms with E-state index >= 15 is 0 Å². The highest BCUT2D eigenvalue weighted by Gasteiger charge is 2.36. The van der Waals surface area contributed by atoms with Gasteiger partial charge in [0.1, 0.15) is 12.8 Å². The molecule has 0 radical (unpaired) electrons. The van der Waals surface area contributed by atoms with E-state index < -0.39 is 6.10 Å². The minimum Gasteiger partial charge on any atom is -0.374 e. The summed E-state index contributed by atoms with van der Waals surface area (Å²) in [6, 6.07) is 13.2. The molecule has 0 spiro atoms. The zero-order chi connectivity index (χ0) is 18.1. The molecule has 3 aromatic rings. The van der Waals surface area contributed by atoms with Gasteiger partial charge in [0.25, 0.3) is 0 Å². The van der Waals surface area contributed by atoms with Crippen LogP contribution in [0.1, 0.15) is 22.8 Å². The van der Waals surface area contributed by atoms with Crippen molar-refractivity contribution in [2.75, 3.05) is 6.73 Å². The van der Waals surface area contributed by atoms with E-state index in [4.69, 9.17) is 28.0 Å². The summed E-state index contributed by atoms with van der Waals surface area (Å²) in [4.78, 5) is 10.3. The molecule has 0 aliphatic carbocycles. The maximum absolute atomic E-state index is 9.88. The highest BCUT2D eigenvalue weighted by atomic mass is 35.5. The predicted molar refractivity (Wildman–Crippen MR) is 105 cm³/mol. The molecular weight excluding hydrogens is 391 g/mol. The van der Waals surface area contributed by atoms with Gasteiger partial charge in [0.2, 0.25) is 0 Å². The second kappa shape index (κ2) is 7.39. The van der Waals surface area contributed by atoms with Gasteiger partial charge in [-0.05, 0) is 29.8 Å². The van der Waals surface area contributed by atoms with Gasteiger partial charge in [0.15, 0.2) is 0 Å². The first kappa shape index (κ1) is 17.5. The lowest BCUT2D eigenvalue weighted by Gasteiger charge is -2.19. The smallest absolute Gasteiger partial charge is 0.140 e. The lowest BCUT2D eigenvalue weighted by atomic mass is 9.93. The molecule has 0 saturated carbocycles. The Hall–Kier alpha value is -1.89. The summed E-state index contributed by atoms with van der Waals surface area (Å²) in [5.41, 5.74) is 4.45. The van der Waals surface area contributed by atoms with Crippen molar-refractivity contribution in [1.82, 2.24) is 10.0 Å². The second-order valence-corrected chi connectivity index (χ2v) is 7.68. The van der Waals surface area contributed by atoms with Gasteiger partial charge in [-0.2, -0.15) is 0 Å². The van der Waals surface area contributed by atoms with Crippen molar-refractivity contribution < 1.29 is 9.94 Å². The van der Waals surface area contributed by atoms with Gasteiger partial charge in [0, 0.05) is 39.5 Å². The molecule has 1 atom stereocenters. The van der Waals surface area contributed by atoms with E-state index in [9.17, 15) is 5.11 Å². The van der Waals surface area contributed by atoms with Crippen LogP contribution in [0.5, 0.6) is 0 Å². The standard InChI is InChI=1S/C19H14Cl2N2O2S/c20-15-5-3-12(4-6-15)19-17(13-2-1-7-22-9-13)18(23(11-24)25-19)14-8-16(21)26-10-14/h1-10,19,24H,11H2. The van der Waals surface area contributed by atoms with Gasteiger partial charge < -0.3 is 5.11 Å². The van der Waals surface area contributed by atoms with Gasteiger partial charge in [-0.15, -0.1) is 11.3 Å². The molecule has 0 bridgehead atoms. The number of aromatic nitrogens is 1. The van der Waals surface area contributed by atoms with Crippen LogP contribution in [0, 0.1) is 0 Å². The van der Waals surface area contributed by atoms with Crippen LogP contribution in [-0.4, -0.2) is 21.9 Å². The molecule has 26 heavy (non-hydrogen) atoms. The Morgan fingerprint density at radius 2 is 1.96 bits per heavy atom. The molecule has 132 valence electrons. The van der Waals surface area contributed by atoms with Gasteiger partial charge in [-0.3, -0.25) is 9.82 Å². The first-order valence-electron chi connectivity index (χ1n) is 7.87. The van der Waals surface area contributed by atoms with E-state index in [0.717, 1.165) is 28.0 Å². The van der Waals surface area contributed by atoms with Crippen molar-refractivity contribution in [3.63, 3.8) is 0 Å². The highest BCUT2D eigenvalue weighted by Crippen LogP contribution is 2.47. The third-order valence-corrected chi connectivity index (χ3v) is 5.46. The summed E-state index contributed by atoms with van der Waals surface area (Å²) in [7, 11) is 0. The van der Waals surface area contributed by atoms with Crippen molar-refractivity contribution in [1.29, 1.82) is 0 Å². The van der Waals surface area contributed by atoms with Crippen molar-refractivity contribution in [2.45, 2.75) is 6.10 Å². The van der Waals surface area contributed by atoms with Gasteiger partial charge in [-0.25, -0.2) is 5.06 Å². The van der Waals surface area contributed by atoms with Crippen LogP contribution in [-0.2, 0) is 4.84 Å². The fourth-order valence-corrected chi connectivity index (χ4v) is 4.00. The zero-order valence-corrected chi connectivity index (χ0v) is 15.8. The Kier molecular flexibility index (Phi) is 4.98. The lowest BCUT2D eigenvalue weighted by molar-refractivity contribution is -0.158. The first-order valence-corrected chi connectivity index (χ1v) is 9.50. The Labute approximate surface area is 164 Å². The molecule has 0 amide bonds. The minimum atomic E-state index is -0.391. The van der Waals surface area contributed by atoms with Crippen molar-refractivity contribution in [3.05, 3.63) is 86.3 Å². The number of pyridine rings is 1. The van der Waals surface area contributed by atoms with E-state index in [-0.39, 0.29) is 6.73 Å². The Balaban J connectivity index is 1.92. The number of halogens is 2. The third-order valence-electron chi connectivity index (χ3n) is 4.11. The topological polar surface area (TPSA) is 45.6 Å². The molecule has 3 heterocycles. The van der Waals surface area contributed by atoms with Crippen molar-refractivity contribution in [3.8, 4) is 0 Å². The largest absolute Gasteiger partial charge is 0.374 e. The molecule has 4 nitrogen and oxygen atoms in total. The number of thiophene rings is 1. The highest BCUT2D eigenvalue weighted by molar-refractivity contribution is 7.14. The van der Waals surface area contributed by atoms with Crippen LogP contribution in [0.15, 0.2) is 60.2 Å². The average Bonchev–Trinajstić information content (AvgIpc) is 3.26. The quantitative estimate of drug-likeness (QED) is 0.644. The normalized spacial score (nSPS) is 17.2. The van der Waals surface area contributed by atoms with Crippen LogP contribution < -0.4 is 0 Å². The number of hydroxylamine groups is 2. The summed E-state index contributed by atoms with van der Waals surface area (Å²) in [5, 5.41) is 14.0. The lowest BCUT2D eigenvalue weighted by Crippen LogP contribution is -2.19.